The minimum atomic E-state index is -1.14. The standard InChI is InChI=1S/C18H16BrN3O4S2/c1-16(20-3)7-18-15(24)21(4)17(2,28(18)27)14(23)22(18)13(16)9-5-11-12(6-10(9)19)26-8-25-11/h5-6,13H,7-8H2,1-2,4H3/t13?,16-,17?,18?,28?/m0/s1. The van der Waals surface area contributed by atoms with Crippen molar-refractivity contribution in [2.24, 2.45) is 0 Å². The first-order valence-electron chi connectivity index (χ1n) is 8.64. The fourth-order valence-corrected chi connectivity index (χ4v) is 8.97. The van der Waals surface area contributed by atoms with E-state index in [1.165, 1.54) is 4.90 Å². The van der Waals surface area contributed by atoms with Gasteiger partial charge in [0.15, 0.2) is 21.2 Å². The van der Waals surface area contributed by atoms with Crippen LogP contribution < -0.4 is 9.47 Å². The third kappa shape index (κ3) is 1.73. The molecule has 3 fully saturated rings. The average molecular weight is 482 g/mol. The van der Waals surface area contributed by atoms with Crippen molar-refractivity contribution in [2.75, 3.05) is 13.8 Å². The SMILES string of the molecule is [C-]#[N+][C@@]1(C)CC23C(=O)N(C)C(C)(C(=O)N2C1c1cc2c(cc1Br)OCO2)S3=S. The number of nitrogens with zero attached hydrogens (tertiary/aromatic N) is 3. The molecule has 5 rings (SSSR count). The van der Waals surface area contributed by atoms with Gasteiger partial charge in [-0.15, -0.1) is 0 Å². The minimum absolute atomic E-state index is 0.125. The summed E-state index contributed by atoms with van der Waals surface area (Å²) in [5.41, 5.74) is -0.260. The number of piperazine rings is 1. The van der Waals surface area contributed by atoms with Crippen LogP contribution in [0.4, 0.5) is 0 Å². The van der Waals surface area contributed by atoms with Gasteiger partial charge in [-0.3, -0.25) is 9.59 Å². The maximum Gasteiger partial charge on any atom is 0.261 e. The molecule has 0 aromatic heterocycles. The van der Waals surface area contributed by atoms with E-state index in [2.05, 4.69) is 20.8 Å². The number of carbonyl (C=O) groups is 2. The van der Waals surface area contributed by atoms with E-state index in [4.69, 9.17) is 27.2 Å². The first-order chi connectivity index (χ1) is 13.1. The van der Waals surface area contributed by atoms with Gasteiger partial charge in [-0.25, -0.2) is 6.57 Å². The summed E-state index contributed by atoms with van der Waals surface area (Å²) < 4.78 is 11.6. The number of carbonyl (C=O) groups excluding carboxylic acids is 2. The number of hydrogen-bond donors (Lipinski definition) is 0. The molecule has 4 aliphatic rings. The lowest BCUT2D eigenvalue weighted by Crippen LogP contribution is -2.60. The molecule has 5 atom stereocenters. The van der Waals surface area contributed by atoms with Gasteiger partial charge < -0.3 is 24.1 Å². The fraction of sp³-hybridized carbons (Fsp3) is 0.500. The van der Waals surface area contributed by atoms with E-state index in [1.54, 1.807) is 37.9 Å². The summed E-state index contributed by atoms with van der Waals surface area (Å²) in [6.07, 6.45) is 0.228. The molecule has 10 heteroatoms. The molecule has 28 heavy (non-hydrogen) atoms. The van der Waals surface area contributed by atoms with Crippen LogP contribution in [0.1, 0.15) is 31.9 Å². The Morgan fingerprint density at radius 2 is 1.93 bits per heavy atom. The Bertz CT molecular complexity index is 1060. The highest BCUT2D eigenvalue weighted by Gasteiger charge is 2.82. The van der Waals surface area contributed by atoms with Crippen molar-refractivity contribution in [3.63, 3.8) is 0 Å². The third-order valence-corrected chi connectivity index (χ3v) is 11.2. The number of ether oxygens (including phenoxy) is 2. The fourth-order valence-electron chi connectivity index (χ4n) is 4.92. The van der Waals surface area contributed by atoms with E-state index >= 15 is 0 Å². The van der Waals surface area contributed by atoms with Crippen LogP contribution in [0.5, 0.6) is 11.5 Å². The van der Waals surface area contributed by atoms with Crippen molar-refractivity contribution in [3.05, 3.63) is 33.6 Å². The van der Waals surface area contributed by atoms with Gasteiger partial charge in [0.1, 0.15) is 6.04 Å². The molecule has 146 valence electrons. The van der Waals surface area contributed by atoms with Crippen molar-refractivity contribution in [2.45, 2.75) is 41.6 Å². The van der Waals surface area contributed by atoms with E-state index in [9.17, 15) is 9.59 Å². The van der Waals surface area contributed by atoms with Gasteiger partial charge in [0.05, 0.1) is 6.42 Å². The predicted molar refractivity (Wildman–Crippen MR) is 108 cm³/mol. The van der Waals surface area contributed by atoms with E-state index in [0.717, 1.165) is 5.56 Å². The van der Waals surface area contributed by atoms with Crippen LogP contribution in [-0.2, 0) is 30.2 Å². The summed E-state index contributed by atoms with van der Waals surface area (Å²) in [6, 6.07) is 2.98. The van der Waals surface area contributed by atoms with Crippen LogP contribution in [0.3, 0.4) is 0 Å². The summed E-state index contributed by atoms with van der Waals surface area (Å²) in [7, 11) is 0.676. The minimum Gasteiger partial charge on any atom is -0.454 e. The van der Waals surface area contributed by atoms with Crippen LogP contribution in [0.2, 0.25) is 0 Å². The van der Waals surface area contributed by atoms with Gasteiger partial charge in [0.2, 0.25) is 6.79 Å². The summed E-state index contributed by atoms with van der Waals surface area (Å²) in [4.78, 5) is 31.7. The second-order valence-electron chi connectivity index (χ2n) is 7.85. The normalized spacial score (nSPS) is 40.2. The number of rotatable bonds is 1. The lowest BCUT2D eigenvalue weighted by atomic mass is 9.87. The summed E-state index contributed by atoms with van der Waals surface area (Å²) >= 11 is 9.36. The smallest absolute Gasteiger partial charge is 0.261 e. The second kappa shape index (κ2) is 5.26. The Balaban J connectivity index is 1.76. The van der Waals surface area contributed by atoms with Gasteiger partial charge in [-0.05, 0) is 39.7 Å². The molecule has 1 aromatic rings. The van der Waals surface area contributed by atoms with Gasteiger partial charge in [-0.2, -0.15) is 0 Å². The number of benzene rings is 1. The Morgan fingerprint density at radius 3 is 2.57 bits per heavy atom. The molecule has 1 spiro atoms. The Kier molecular flexibility index (Phi) is 3.44. The lowest BCUT2D eigenvalue weighted by molar-refractivity contribution is -0.159. The highest BCUT2D eigenvalue weighted by Crippen LogP contribution is 2.64. The number of hydrogen-bond acceptors (Lipinski definition) is 5. The van der Waals surface area contributed by atoms with Crippen LogP contribution in [0.15, 0.2) is 16.6 Å². The molecule has 2 bridgehead atoms. The first-order valence-corrected chi connectivity index (χ1v) is 11.6. The third-order valence-electron chi connectivity index (χ3n) is 6.44. The average Bonchev–Trinajstić information content (AvgIpc) is 3.30. The van der Waals surface area contributed by atoms with E-state index in [1.807, 2.05) is 0 Å². The maximum atomic E-state index is 13.6. The molecular formula is C18H16BrN3O4S2. The van der Waals surface area contributed by atoms with E-state index < -0.39 is 30.8 Å². The molecule has 7 nitrogen and oxygen atoms in total. The predicted octanol–water partition coefficient (Wildman–Crippen LogP) is 2.11. The molecule has 0 radical (unpaired) electrons. The Morgan fingerprint density at radius 1 is 1.29 bits per heavy atom. The monoisotopic (exact) mass is 481 g/mol. The largest absolute Gasteiger partial charge is 0.454 e. The molecule has 1 aromatic carbocycles. The highest BCUT2D eigenvalue weighted by molar-refractivity contribution is 9.10. The molecular weight excluding hydrogens is 466 g/mol. The number of halogens is 1. The lowest BCUT2D eigenvalue weighted by Gasteiger charge is -2.39. The molecule has 4 unspecified atom stereocenters. The second-order valence-corrected chi connectivity index (χ2v) is 11.7. The Hall–Kier alpha value is -1.70. The van der Waals surface area contributed by atoms with Crippen LogP contribution >= 0.6 is 15.9 Å². The van der Waals surface area contributed by atoms with Gasteiger partial charge in [-0.1, -0.05) is 15.9 Å². The topological polar surface area (TPSA) is 63.4 Å². The molecule has 2 amide bonds. The molecule has 0 aliphatic carbocycles. The summed E-state index contributed by atoms with van der Waals surface area (Å²) in [5.74, 6) is 0.820. The molecule has 0 saturated carbocycles. The summed E-state index contributed by atoms with van der Waals surface area (Å²) in [5, 5.41) is 0. The van der Waals surface area contributed by atoms with Gasteiger partial charge >= 0.3 is 0 Å². The zero-order chi connectivity index (χ0) is 20.2. The van der Waals surface area contributed by atoms with Crippen molar-refractivity contribution in [1.29, 1.82) is 0 Å². The highest BCUT2D eigenvalue weighted by atomic mass is 79.9. The van der Waals surface area contributed by atoms with Crippen molar-refractivity contribution < 1.29 is 19.1 Å². The number of likely N-dealkylation sites (N-methyl/N-ethyl adjacent to an activating group) is 1. The molecule has 0 N–H and O–H groups in total. The van der Waals surface area contributed by atoms with E-state index in [0.29, 0.717) is 16.0 Å². The summed E-state index contributed by atoms with van der Waals surface area (Å²) in [6.45, 7) is 11.6. The zero-order valence-corrected chi connectivity index (χ0v) is 18.5. The van der Waals surface area contributed by atoms with Gasteiger partial charge in [0, 0.05) is 24.0 Å². The quantitative estimate of drug-likeness (QED) is 0.574. The molecule has 3 saturated heterocycles. The van der Waals surface area contributed by atoms with Crippen molar-refractivity contribution in [1.82, 2.24) is 9.80 Å². The van der Waals surface area contributed by atoms with Crippen molar-refractivity contribution in [3.8, 4) is 11.5 Å². The number of amides is 2. The van der Waals surface area contributed by atoms with Crippen molar-refractivity contribution >= 4 is 48.4 Å². The van der Waals surface area contributed by atoms with Gasteiger partial charge in [0.25, 0.3) is 17.4 Å². The molecule has 4 heterocycles. The van der Waals surface area contributed by atoms with E-state index in [-0.39, 0.29) is 25.0 Å². The first kappa shape index (κ1) is 18.3. The zero-order valence-electron chi connectivity index (χ0n) is 15.3. The maximum absolute atomic E-state index is 13.6. The van der Waals surface area contributed by atoms with Crippen LogP contribution in [0, 0.1) is 6.57 Å². The Labute approximate surface area is 177 Å². The number of fused-ring (bicyclic) bond motifs is 2. The van der Waals surface area contributed by atoms with Crippen LogP contribution in [0.25, 0.3) is 4.85 Å². The van der Waals surface area contributed by atoms with Crippen LogP contribution in [-0.4, -0.2) is 50.7 Å². The molecule has 4 aliphatic heterocycles.